The highest BCUT2D eigenvalue weighted by atomic mass is 32.2. The zero-order valence-electron chi connectivity index (χ0n) is 26.0. The topological polar surface area (TPSA) is 52.6 Å². The Bertz CT molecular complexity index is 472. The summed E-state index contributed by atoms with van der Waals surface area (Å²) in [5, 5.41) is 0. The first-order chi connectivity index (χ1) is 19.2. The monoisotopic (exact) mass is 588 g/mol. The van der Waals surface area contributed by atoms with Crippen molar-refractivity contribution in [3.05, 3.63) is 0 Å². The summed E-state index contributed by atoms with van der Waals surface area (Å²) in [6.07, 6.45) is 28.7. The number of carbonyl (C=O) groups excluding carboxylic acids is 2. The van der Waals surface area contributed by atoms with Crippen LogP contribution in [0.3, 0.4) is 0 Å². The minimum absolute atomic E-state index is 0.139. The Morgan fingerprint density at radius 1 is 0.410 bits per heavy atom. The molecular formula is C33H64O4S2. The zero-order valence-corrected chi connectivity index (χ0v) is 27.6. The molecule has 0 heterocycles. The average molecular weight is 589 g/mol. The second-order valence-corrected chi connectivity index (χ2v) is 13.3. The van der Waals surface area contributed by atoms with Crippen LogP contribution in [0.2, 0.25) is 0 Å². The second-order valence-electron chi connectivity index (χ2n) is 10.9. The Morgan fingerprint density at radius 3 is 1.05 bits per heavy atom. The van der Waals surface area contributed by atoms with E-state index in [0.29, 0.717) is 32.5 Å². The second kappa shape index (κ2) is 33.8. The molecule has 232 valence electrons. The lowest BCUT2D eigenvalue weighted by atomic mass is 10.1. The Kier molecular flexibility index (Phi) is 33.5. The maximum atomic E-state index is 11.8. The number of hydrogen-bond donors (Lipinski definition) is 0. The molecular weight excluding hydrogens is 524 g/mol. The molecule has 0 saturated carbocycles. The lowest BCUT2D eigenvalue weighted by molar-refractivity contribution is -0.145. The van der Waals surface area contributed by atoms with Crippen LogP contribution in [-0.4, -0.2) is 48.2 Å². The molecule has 0 aromatic rings. The van der Waals surface area contributed by atoms with Crippen LogP contribution in [0.25, 0.3) is 0 Å². The van der Waals surface area contributed by atoms with Crippen molar-refractivity contribution in [1.29, 1.82) is 0 Å². The molecule has 0 fully saturated rings. The average Bonchev–Trinajstić information content (AvgIpc) is 2.93. The number of esters is 2. The standard InChI is InChI=1S/C33H64O4S2/c1-3-5-7-9-11-13-15-17-19-21-28-38-30-24-32(34)36-26-23-27-37-33(35)25-31-39-29-22-20-18-16-14-12-10-8-6-4-2/h3-31H2,1-2H3. The first-order valence-electron chi connectivity index (χ1n) is 16.7. The van der Waals surface area contributed by atoms with Gasteiger partial charge in [0.2, 0.25) is 0 Å². The summed E-state index contributed by atoms with van der Waals surface area (Å²) in [6.45, 7) is 5.21. The van der Waals surface area contributed by atoms with Gasteiger partial charge in [0.1, 0.15) is 0 Å². The molecule has 0 bridgehead atoms. The van der Waals surface area contributed by atoms with Crippen molar-refractivity contribution >= 4 is 35.5 Å². The Balaban J connectivity index is 3.26. The van der Waals surface area contributed by atoms with Crippen LogP contribution in [0.15, 0.2) is 0 Å². The molecule has 0 aliphatic carbocycles. The van der Waals surface area contributed by atoms with Crippen LogP contribution in [0, 0.1) is 0 Å². The highest BCUT2D eigenvalue weighted by molar-refractivity contribution is 7.99. The van der Waals surface area contributed by atoms with Gasteiger partial charge in [-0.05, 0) is 24.3 Å². The number of rotatable bonds is 32. The first-order valence-corrected chi connectivity index (χ1v) is 19.0. The molecule has 0 aliphatic heterocycles. The Labute approximate surface area is 251 Å². The van der Waals surface area contributed by atoms with Gasteiger partial charge in [-0.1, -0.05) is 129 Å². The van der Waals surface area contributed by atoms with Gasteiger partial charge >= 0.3 is 11.9 Å². The third-order valence-corrected chi connectivity index (χ3v) is 9.14. The van der Waals surface area contributed by atoms with Gasteiger partial charge in [0.25, 0.3) is 0 Å². The predicted octanol–water partition coefficient (Wildman–Crippen LogP) is 10.6. The molecule has 0 aliphatic rings. The first kappa shape index (κ1) is 38.6. The van der Waals surface area contributed by atoms with Gasteiger partial charge in [-0.2, -0.15) is 23.5 Å². The number of hydrogen-bond acceptors (Lipinski definition) is 6. The maximum Gasteiger partial charge on any atom is 0.306 e. The third kappa shape index (κ3) is 33.7. The highest BCUT2D eigenvalue weighted by Crippen LogP contribution is 2.14. The van der Waals surface area contributed by atoms with E-state index < -0.39 is 0 Å². The molecule has 0 unspecified atom stereocenters. The van der Waals surface area contributed by atoms with Crippen LogP contribution in [0.5, 0.6) is 0 Å². The Hall–Kier alpha value is -0.360. The molecule has 6 heteroatoms. The highest BCUT2D eigenvalue weighted by Gasteiger charge is 2.05. The number of ether oxygens (including phenoxy) is 2. The minimum atomic E-state index is -0.139. The van der Waals surface area contributed by atoms with Crippen molar-refractivity contribution in [3.8, 4) is 0 Å². The fourth-order valence-electron chi connectivity index (χ4n) is 4.47. The van der Waals surface area contributed by atoms with E-state index in [9.17, 15) is 9.59 Å². The van der Waals surface area contributed by atoms with E-state index >= 15 is 0 Å². The Morgan fingerprint density at radius 2 is 0.718 bits per heavy atom. The molecule has 0 rings (SSSR count). The molecule has 39 heavy (non-hydrogen) atoms. The lowest BCUT2D eigenvalue weighted by Gasteiger charge is -2.07. The summed E-state index contributed by atoms with van der Waals surface area (Å²) in [6, 6.07) is 0. The van der Waals surface area contributed by atoms with E-state index in [4.69, 9.17) is 9.47 Å². The van der Waals surface area contributed by atoms with Crippen molar-refractivity contribution in [3.63, 3.8) is 0 Å². The fraction of sp³-hybridized carbons (Fsp3) is 0.939. The van der Waals surface area contributed by atoms with Gasteiger partial charge in [0.05, 0.1) is 26.1 Å². The number of unbranched alkanes of at least 4 members (excludes halogenated alkanes) is 18. The van der Waals surface area contributed by atoms with Gasteiger partial charge in [-0.25, -0.2) is 0 Å². The van der Waals surface area contributed by atoms with Crippen LogP contribution in [0.4, 0.5) is 0 Å². The number of thioether (sulfide) groups is 2. The molecule has 0 spiro atoms. The smallest absolute Gasteiger partial charge is 0.306 e. The van der Waals surface area contributed by atoms with Crippen LogP contribution in [-0.2, 0) is 19.1 Å². The van der Waals surface area contributed by atoms with E-state index in [1.807, 2.05) is 23.5 Å². The van der Waals surface area contributed by atoms with Gasteiger partial charge in [0, 0.05) is 17.9 Å². The van der Waals surface area contributed by atoms with Crippen molar-refractivity contribution in [2.45, 2.75) is 162 Å². The molecule has 0 aromatic carbocycles. The van der Waals surface area contributed by atoms with E-state index in [1.54, 1.807) is 0 Å². The van der Waals surface area contributed by atoms with E-state index in [-0.39, 0.29) is 11.9 Å². The summed E-state index contributed by atoms with van der Waals surface area (Å²) in [4.78, 5) is 23.7. The molecule has 0 saturated heterocycles. The van der Waals surface area contributed by atoms with Crippen LogP contribution in [0.1, 0.15) is 162 Å². The third-order valence-electron chi connectivity index (χ3n) is 7.00. The fourth-order valence-corrected chi connectivity index (χ4v) is 6.32. The SMILES string of the molecule is CCCCCCCCCCCCSCCC(=O)OCCCOC(=O)CCSCCCCCCCCCCCC. The minimum Gasteiger partial charge on any atom is -0.466 e. The van der Waals surface area contributed by atoms with Crippen molar-refractivity contribution < 1.29 is 19.1 Å². The van der Waals surface area contributed by atoms with Gasteiger partial charge in [-0.3, -0.25) is 9.59 Å². The quantitative estimate of drug-likeness (QED) is 0.0575. The molecule has 0 atom stereocenters. The molecule has 4 nitrogen and oxygen atoms in total. The largest absolute Gasteiger partial charge is 0.466 e. The predicted molar refractivity (Wildman–Crippen MR) is 174 cm³/mol. The zero-order chi connectivity index (χ0) is 28.5. The van der Waals surface area contributed by atoms with Crippen LogP contribution >= 0.6 is 23.5 Å². The van der Waals surface area contributed by atoms with Crippen LogP contribution < -0.4 is 0 Å². The van der Waals surface area contributed by atoms with E-state index in [0.717, 1.165) is 23.0 Å². The van der Waals surface area contributed by atoms with Crippen molar-refractivity contribution in [1.82, 2.24) is 0 Å². The van der Waals surface area contributed by atoms with Gasteiger partial charge in [0.15, 0.2) is 0 Å². The summed E-state index contributed by atoms with van der Waals surface area (Å²) in [5.41, 5.74) is 0. The summed E-state index contributed by atoms with van der Waals surface area (Å²) < 4.78 is 10.5. The lowest BCUT2D eigenvalue weighted by Crippen LogP contribution is -2.11. The summed E-state index contributed by atoms with van der Waals surface area (Å²) >= 11 is 3.71. The molecule has 0 radical (unpaired) electrons. The summed E-state index contributed by atoms with van der Waals surface area (Å²) in [5.74, 6) is 3.67. The molecule has 0 N–H and O–H groups in total. The van der Waals surface area contributed by atoms with Crippen molar-refractivity contribution in [2.75, 3.05) is 36.2 Å². The van der Waals surface area contributed by atoms with E-state index in [2.05, 4.69) is 13.8 Å². The maximum absolute atomic E-state index is 11.8. The number of carbonyl (C=O) groups is 2. The molecule has 0 amide bonds. The van der Waals surface area contributed by atoms with Gasteiger partial charge in [-0.15, -0.1) is 0 Å². The van der Waals surface area contributed by atoms with Crippen molar-refractivity contribution in [2.24, 2.45) is 0 Å². The van der Waals surface area contributed by atoms with E-state index in [1.165, 1.54) is 128 Å². The van der Waals surface area contributed by atoms with Gasteiger partial charge < -0.3 is 9.47 Å². The normalized spacial score (nSPS) is 11.1. The summed E-state index contributed by atoms with van der Waals surface area (Å²) in [7, 11) is 0. The molecule has 0 aromatic heterocycles.